The first-order valence-electron chi connectivity index (χ1n) is 8.93. The van der Waals surface area contributed by atoms with Crippen molar-refractivity contribution in [1.82, 2.24) is 4.90 Å². The summed E-state index contributed by atoms with van der Waals surface area (Å²) in [7, 11) is 1.60. The van der Waals surface area contributed by atoms with Crippen molar-refractivity contribution in [3.05, 3.63) is 60.2 Å². The molecule has 0 unspecified atom stereocenters. The highest BCUT2D eigenvalue weighted by molar-refractivity contribution is 6.02. The van der Waals surface area contributed by atoms with E-state index in [9.17, 15) is 9.59 Å². The molecule has 6 heteroatoms. The van der Waals surface area contributed by atoms with Crippen LogP contribution in [0.25, 0.3) is 6.08 Å². The molecule has 1 aliphatic rings. The Morgan fingerprint density at radius 1 is 1.00 bits per heavy atom. The minimum atomic E-state index is -0.249. The minimum absolute atomic E-state index is 0.103. The topological polar surface area (TPSA) is 70.7 Å². The van der Waals surface area contributed by atoms with E-state index >= 15 is 0 Å². The van der Waals surface area contributed by atoms with Crippen molar-refractivity contribution < 1.29 is 14.3 Å². The molecular formula is C21H23N3O3. The molecule has 2 aromatic carbocycles. The lowest BCUT2D eigenvalue weighted by Crippen LogP contribution is -2.32. The molecule has 2 aromatic rings. The van der Waals surface area contributed by atoms with Crippen LogP contribution in [-0.4, -0.2) is 37.0 Å². The molecule has 6 nitrogen and oxygen atoms in total. The average Bonchev–Trinajstić information content (AvgIpc) is 3.22. The van der Waals surface area contributed by atoms with Gasteiger partial charge in [0.15, 0.2) is 0 Å². The monoisotopic (exact) mass is 365 g/mol. The van der Waals surface area contributed by atoms with Gasteiger partial charge in [0.25, 0.3) is 0 Å². The van der Waals surface area contributed by atoms with Crippen molar-refractivity contribution in [1.29, 1.82) is 0 Å². The Hall–Kier alpha value is -3.28. The molecule has 0 atom stereocenters. The minimum Gasteiger partial charge on any atom is -0.497 e. The summed E-state index contributed by atoms with van der Waals surface area (Å²) >= 11 is 0. The van der Waals surface area contributed by atoms with Crippen molar-refractivity contribution >= 4 is 29.4 Å². The van der Waals surface area contributed by atoms with Gasteiger partial charge in [-0.25, -0.2) is 4.79 Å². The fraction of sp³-hybridized carbons (Fsp3) is 0.238. The maximum absolute atomic E-state index is 12.2. The number of methoxy groups -OCH3 is 1. The fourth-order valence-corrected chi connectivity index (χ4v) is 2.90. The summed E-state index contributed by atoms with van der Waals surface area (Å²) in [5, 5.41) is 5.67. The number of hydrogen-bond acceptors (Lipinski definition) is 3. The Labute approximate surface area is 158 Å². The van der Waals surface area contributed by atoms with E-state index in [0.717, 1.165) is 37.2 Å². The number of amides is 3. The molecule has 3 rings (SSSR count). The molecule has 140 valence electrons. The van der Waals surface area contributed by atoms with E-state index < -0.39 is 0 Å². The number of likely N-dealkylation sites (tertiary alicyclic amines) is 1. The number of urea groups is 1. The van der Waals surface area contributed by atoms with Gasteiger partial charge in [-0.3, -0.25) is 4.79 Å². The highest BCUT2D eigenvalue weighted by Gasteiger charge is 2.17. The van der Waals surface area contributed by atoms with E-state index in [1.54, 1.807) is 42.4 Å². The summed E-state index contributed by atoms with van der Waals surface area (Å²) < 4.78 is 5.17. The van der Waals surface area contributed by atoms with E-state index in [1.165, 1.54) is 6.08 Å². The largest absolute Gasteiger partial charge is 0.497 e. The number of ether oxygens (including phenoxy) is 1. The van der Waals surface area contributed by atoms with Gasteiger partial charge in [0.1, 0.15) is 5.75 Å². The van der Waals surface area contributed by atoms with Crippen LogP contribution < -0.4 is 15.4 Å². The summed E-state index contributed by atoms with van der Waals surface area (Å²) in [6, 6.07) is 14.5. The molecule has 1 aliphatic heterocycles. The Bertz CT molecular complexity index is 842. The second-order valence-electron chi connectivity index (χ2n) is 6.30. The second kappa shape index (κ2) is 8.89. The summed E-state index contributed by atoms with van der Waals surface area (Å²) in [6.45, 7) is 1.58. The Kier molecular flexibility index (Phi) is 6.10. The molecule has 0 saturated carbocycles. The Morgan fingerprint density at radius 2 is 1.70 bits per heavy atom. The predicted octanol–water partition coefficient (Wildman–Crippen LogP) is 3.97. The standard InChI is InChI=1S/C21H23N3O3/c1-27-19-9-4-6-16(14-19)10-11-20(25)22-17-7-5-8-18(15-17)23-21(26)24-12-2-3-13-24/h4-11,14-15H,2-3,12-13H2,1H3,(H,22,25)(H,23,26)/b11-10+. The summed E-state index contributed by atoms with van der Waals surface area (Å²) in [4.78, 5) is 26.1. The number of nitrogens with one attached hydrogen (secondary N) is 2. The molecule has 27 heavy (non-hydrogen) atoms. The van der Waals surface area contributed by atoms with Crippen molar-refractivity contribution in [2.45, 2.75) is 12.8 Å². The molecule has 0 radical (unpaired) electrons. The van der Waals surface area contributed by atoms with E-state index in [2.05, 4.69) is 10.6 Å². The van der Waals surface area contributed by atoms with Crippen LogP contribution in [0.5, 0.6) is 5.75 Å². The van der Waals surface area contributed by atoms with Crippen LogP contribution in [0.2, 0.25) is 0 Å². The third-order valence-electron chi connectivity index (χ3n) is 4.30. The summed E-state index contributed by atoms with van der Waals surface area (Å²) in [5.41, 5.74) is 2.15. The van der Waals surface area contributed by atoms with Crippen molar-refractivity contribution in [3.63, 3.8) is 0 Å². The molecule has 1 fully saturated rings. The van der Waals surface area contributed by atoms with Crippen LogP contribution in [0.15, 0.2) is 54.6 Å². The second-order valence-corrected chi connectivity index (χ2v) is 6.30. The SMILES string of the molecule is COc1cccc(/C=C/C(=O)Nc2cccc(NC(=O)N3CCCC3)c2)c1. The molecule has 1 saturated heterocycles. The highest BCUT2D eigenvalue weighted by atomic mass is 16.5. The van der Waals surface area contributed by atoms with E-state index in [4.69, 9.17) is 4.74 Å². The Morgan fingerprint density at radius 3 is 2.44 bits per heavy atom. The first-order valence-corrected chi connectivity index (χ1v) is 8.93. The number of hydrogen-bond donors (Lipinski definition) is 2. The third kappa shape index (κ3) is 5.34. The molecule has 0 aromatic heterocycles. The van der Waals surface area contributed by atoms with Crippen LogP contribution in [0.3, 0.4) is 0 Å². The first-order chi connectivity index (χ1) is 13.1. The van der Waals surface area contributed by atoms with Gasteiger partial charge >= 0.3 is 6.03 Å². The molecule has 3 amide bonds. The lowest BCUT2D eigenvalue weighted by Gasteiger charge is -2.16. The lowest BCUT2D eigenvalue weighted by atomic mass is 10.2. The van der Waals surface area contributed by atoms with Crippen molar-refractivity contribution in [3.8, 4) is 5.75 Å². The number of carbonyl (C=O) groups is 2. The van der Waals surface area contributed by atoms with Gasteiger partial charge in [-0.15, -0.1) is 0 Å². The van der Waals surface area contributed by atoms with Crippen LogP contribution in [0.4, 0.5) is 16.2 Å². The average molecular weight is 365 g/mol. The summed E-state index contributed by atoms with van der Waals surface area (Å²) in [5.74, 6) is 0.486. The molecule has 1 heterocycles. The number of nitrogens with zero attached hydrogens (tertiary/aromatic N) is 1. The van der Waals surface area contributed by atoms with Crippen LogP contribution in [0.1, 0.15) is 18.4 Å². The fourth-order valence-electron chi connectivity index (χ4n) is 2.90. The van der Waals surface area contributed by atoms with Crippen LogP contribution >= 0.6 is 0 Å². The van der Waals surface area contributed by atoms with E-state index in [0.29, 0.717) is 11.4 Å². The van der Waals surface area contributed by atoms with Crippen LogP contribution in [-0.2, 0) is 4.79 Å². The van der Waals surface area contributed by atoms with Gasteiger partial charge < -0.3 is 20.3 Å². The zero-order chi connectivity index (χ0) is 19.1. The van der Waals surface area contributed by atoms with Gasteiger partial charge in [0, 0.05) is 30.5 Å². The van der Waals surface area contributed by atoms with Crippen LogP contribution in [0, 0.1) is 0 Å². The normalized spacial score (nSPS) is 13.6. The maximum atomic E-state index is 12.2. The quantitative estimate of drug-likeness (QED) is 0.788. The third-order valence-corrected chi connectivity index (χ3v) is 4.30. The first kappa shape index (κ1) is 18.5. The number of carbonyl (C=O) groups excluding carboxylic acids is 2. The smallest absolute Gasteiger partial charge is 0.321 e. The highest BCUT2D eigenvalue weighted by Crippen LogP contribution is 2.18. The molecule has 0 bridgehead atoms. The van der Waals surface area contributed by atoms with Gasteiger partial charge in [-0.05, 0) is 54.8 Å². The van der Waals surface area contributed by atoms with E-state index in [1.807, 2.05) is 24.3 Å². The van der Waals surface area contributed by atoms with Gasteiger partial charge in [0.2, 0.25) is 5.91 Å². The number of benzene rings is 2. The number of anilines is 2. The number of rotatable bonds is 5. The van der Waals surface area contributed by atoms with E-state index in [-0.39, 0.29) is 11.9 Å². The predicted molar refractivity (Wildman–Crippen MR) is 107 cm³/mol. The summed E-state index contributed by atoms with van der Waals surface area (Å²) in [6.07, 6.45) is 5.27. The molecular weight excluding hydrogens is 342 g/mol. The molecule has 0 aliphatic carbocycles. The maximum Gasteiger partial charge on any atom is 0.321 e. The lowest BCUT2D eigenvalue weighted by molar-refractivity contribution is -0.111. The van der Waals surface area contributed by atoms with Crippen molar-refractivity contribution in [2.24, 2.45) is 0 Å². The molecule has 0 spiro atoms. The van der Waals surface area contributed by atoms with Crippen molar-refractivity contribution in [2.75, 3.05) is 30.8 Å². The van der Waals surface area contributed by atoms with Gasteiger partial charge in [-0.2, -0.15) is 0 Å². The Balaban J connectivity index is 1.58. The van der Waals surface area contributed by atoms with Gasteiger partial charge in [-0.1, -0.05) is 18.2 Å². The molecule has 2 N–H and O–H groups in total. The van der Waals surface area contributed by atoms with Gasteiger partial charge in [0.05, 0.1) is 7.11 Å². The zero-order valence-corrected chi connectivity index (χ0v) is 15.3. The zero-order valence-electron chi connectivity index (χ0n) is 15.3.